The molecule has 174 valence electrons. The van der Waals surface area contributed by atoms with Gasteiger partial charge in [-0.1, -0.05) is 23.7 Å². The third-order valence-corrected chi connectivity index (χ3v) is 5.50. The number of carbonyl (C=O) groups is 2. The number of ether oxygens (including phenoxy) is 2. The van der Waals surface area contributed by atoms with Crippen LogP contribution in [0.2, 0.25) is 5.02 Å². The number of aryl methyl sites for hydroxylation is 3. The van der Waals surface area contributed by atoms with Crippen molar-refractivity contribution in [3.8, 4) is 5.75 Å². The fraction of sp³-hybridized carbons (Fsp3) is 0.320. The number of anilines is 1. The Morgan fingerprint density at radius 3 is 2.33 bits per heavy atom. The number of hydrogen-bond donors (Lipinski definition) is 1. The van der Waals surface area contributed by atoms with Gasteiger partial charge < -0.3 is 14.8 Å². The molecule has 0 aliphatic carbocycles. The van der Waals surface area contributed by atoms with E-state index in [0.29, 0.717) is 24.4 Å². The highest BCUT2D eigenvalue weighted by molar-refractivity contribution is 6.32. The second kappa shape index (κ2) is 10.5. The van der Waals surface area contributed by atoms with E-state index in [9.17, 15) is 9.59 Å². The molecule has 0 fully saturated rings. The molecular weight excluding hydrogens is 442 g/mol. The van der Waals surface area contributed by atoms with Crippen molar-refractivity contribution in [3.63, 3.8) is 0 Å². The summed E-state index contributed by atoms with van der Waals surface area (Å²) >= 11 is 6.21. The molecule has 7 nitrogen and oxygen atoms in total. The Balaban J connectivity index is 1.67. The summed E-state index contributed by atoms with van der Waals surface area (Å²) in [7, 11) is 0. The van der Waals surface area contributed by atoms with Crippen LogP contribution in [0.1, 0.15) is 58.3 Å². The van der Waals surface area contributed by atoms with Gasteiger partial charge in [-0.15, -0.1) is 0 Å². The van der Waals surface area contributed by atoms with Crippen molar-refractivity contribution in [1.29, 1.82) is 0 Å². The van der Waals surface area contributed by atoms with Crippen LogP contribution in [0.15, 0.2) is 42.6 Å². The number of hydrogen-bond acceptors (Lipinski definition) is 5. The quantitative estimate of drug-likeness (QED) is 0.436. The summed E-state index contributed by atoms with van der Waals surface area (Å²) in [6, 6.07) is 10.9. The average molecular weight is 470 g/mol. The van der Waals surface area contributed by atoms with Crippen molar-refractivity contribution in [3.05, 3.63) is 75.6 Å². The molecule has 1 aromatic heterocycles. The van der Waals surface area contributed by atoms with E-state index in [2.05, 4.69) is 10.4 Å². The maximum Gasteiger partial charge on any atom is 0.361 e. The zero-order valence-electron chi connectivity index (χ0n) is 19.4. The van der Waals surface area contributed by atoms with Gasteiger partial charge in [0.15, 0.2) is 5.69 Å². The van der Waals surface area contributed by atoms with E-state index in [1.165, 1.54) is 0 Å². The predicted octanol–water partition coefficient (Wildman–Crippen LogP) is 5.57. The first-order valence-corrected chi connectivity index (χ1v) is 11.1. The molecule has 0 radical (unpaired) electrons. The minimum atomic E-state index is -0.576. The lowest BCUT2D eigenvalue weighted by atomic mass is 10.1. The van der Waals surface area contributed by atoms with Crippen LogP contribution in [0.3, 0.4) is 0 Å². The summed E-state index contributed by atoms with van der Waals surface area (Å²) in [6.45, 7) is 10.2. The molecule has 3 aromatic rings. The smallest absolute Gasteiger partial charge is 0.361 e. The molecular formula is C25H28ClN3O4. The number of nitrogens with one attached hydrogen (secondary N) is 1. The van der Waals surface area contributed by atoms with Crippen LogP contribution in [-0.2, 0) is 17.9 Å². The predicted molar refractivity (Wildman–Crippen MR) is 128 cm³/mol. The number of amides is 1. The van der Waals surface area contributed by atoms with Crippen molar-refractivity contribution in [2.75, 3.05) is 5.32 Å². The topological polar surface area (TPSA) is 82.5 Å². The van der Waals surface area contributed by atoms with Crippen LogP contribution in [0, 0.1) is 13.8 Å². The maximum absolute atomic E-state index is 12.8. The average Bonchev–Trinajstić information content (AvgIpc) is 3.18. The molecule has 0 aliphatic heterocycles. The van der Waals surface area contributed by atoms with Crippen molar-refractivity contribution < 1.29 is 19.1 Å². The van der Waals surface area contributed by atoms with Gasteiger partial charge in [0.05, 0.1) is 11.8 Å². The van der Waals surface area contributed by atoms with Crippen molar-refractivity contribution in [2.45, 2.75) is 53.9 Å². The van der Waals surface area contributed by atoms with Gasteiger partial charge in [0, 0.05) is 23.3 Å². The fourth-order valence-corrected chi connectivity index (χ4v) is 3.31. The molecule has 1 amide bonds. The summed E-state index contributed by atoms with van der Waals surface area (Å²) in [6.07, 6.45) is 1.33. The lowest BCUT2D eigenvalue weighted by Gasteiger charge is -2.11. The standard InChI is InChI=1S/C25H28ClN3O4/c1-6-29-13-21(23(28-29)25(31)33-15(2)3)27-24(30)19-9-7-18(8-10-19)14-32-20-11-16(4)22(26)17(5)12-20/h7-13,15H,6,14H2,1-5H3,(H,27,30). The van der Waals surface area contributed by atoms with E-state index < -0.39 is 5.97 Å². The zero-order valence-corrected chi connectivity index (χ0v) is 20.2. The lowest BCUT2D eigenvalue weighted by Crippen LogP contribution is -2.17. The van der Waals surface area contributed by atoms with Gasteiger partial charge in [-0.25, -0.2) is 4.79 Å². The Morgan fingerprint density at radius 1 is 1.12 bits per heavy atom. The Kier molecular flexibility index (Phi) is 7.76. The third-order valence-electron chi connectivity index (χ3n) is 4.90. The van der Waals surface area contributed by atoms with E-state index in [4.69, 9.17) is 21.1 Å². The molecule has 0 unspecified atom stereocenters. The number of nitrogens with zero attached hydrogens (tertiary/aromatic N) is 2. The highest BCUT2D eigenvalue weighted by Gasteiger charge is 2.21. The zero-order chi connectivity index (χ0) is 24.1. The first-order valence-electron chi connectivity index (χ1n) is 10.8. The number of benzene rings is 2. The Labute approximate surface area is 198 Å². The summed E-state index contributed by atoms with van der Waals surface area (Å²) < 4.78 is 12.7. The molecule has 0 aliphatic rings. The minimum Gasteiger partial charge on any atom is -0.489 e. The van der Waals surface area contributed by atoms with Gasteiger partial charge in [-0.05, 0) is 75.6 Å². The van der Waals surface area contributed by atoms with Crippen LogP contribution in [0.4, 0.5) is 5.69 Å². The molecule has 2 aromatic carbocycles. The number of halogens is 1. The molecule has 0 saturated heterocycles. The van der Waals surface area contributed by atoms with E-state index in [1.54, 1.807) is 36.9 Å². The highest BCUT2D eigenvalue weighted by Crippen LogP contribution is 2.26. The van der Waals surface area contributed by atoms with Crippen molar-refractivity contribution in [1.82, 2.24) is 9.78 Å². The van der Waals surface area contributed by atoms with Crippen LogP contribution in [0.5, 0.6) is 5.75 Å². The summed E-state index contributed by atoms with van der Waals surface area (Å²) in [5, 5.41) is 7.72. The van der Waals surface area contributed by atoms with E-state index >= 15 is 0 Å². The van der Waals surface area contributed by atoms with Gasteiger partial charge in [-0.3, -0.25) is 9.48 Å². The Morgan fingerprint density at radius 2 is 1.76 bits per heavy atom. The summed E-state index contributed by atoms with van der Waals surface area (Å²) in [4.78, 5) is 25.1. The van der Waals surface area contributed by atoms with E-state index in [1.807, 2.05) is 45.0 Å². The second-order valence-electron chi connectivity index (χ2n) is 8.01. The minimum absolute atomic E-state index is 0.0810. The van der Waals surface area contributed by atoms with Crippen LogP contribution in [0.25, 0.3) is 0 Å². The van der Waals surface area contributed by atoms with Crippen molar-refractivity contribution in [2.24, 2.45) is 0 Å². The molecule has 0 atom stereocenters. The summed E-state index contributed by atoms with van der Waals surface area (Å²) in [5.74, 6) is -0.182. The molecule has 0 saturated carbocycles. The molecule has 0 spiro atoms. The first-order chi connectivity index (χ1) is 15.7. The SMILES string of the molecule is CCn1cc(NC(=O)c2ccc(COc3cc(C)c(Cl)c(C)c3)cc2)c(C(=O)OC(C)C)n1. The van der Waals surface area contributed by atoms with Crippen LogP contribution >= 0.6 is 11.6 Å². The Hall–Kier alpha value is -3.32. The van der Waals surface area contributed by atoms with Crippen molar-refractivity contribution >= 4 is 29.2 Å². The molecule has 3 rings (SSSR count). The summed E-state index contributed by atoms with van der Waals surface area (Å²) in [5.41, 5.74) is 3.68. The molecule has 1 N–H and O–H groups in total. The molecule has 0 bridgehead atoms. The maximum atomic E-state index is 12.8. The monoisotopic (exact) mass is 469 g/mol. The normalized spacial score (nSPS) is 10.9. The fourth-order valence-electron chi connectivity index (χ4n) is 3.20. The lowest BCUT2D eigenvalue weighted by molar-refractivity contribution is 0.0371. The van der Waals surface area contributed by atoms with Gasteiger partial charge >= 0.3 is 5.97 Å². The van der Waals surface area contributed by atoms with Crippen LogP contribution in [-0.4, -0.2) is 27.8 Å². The van der Waals surface area contributed by atoms with E-state index in [0.717, 1.165) is 27.5 Å². The van der Waals surface area contributed by atoms with Crippen LogP contribution < -0.4 is 10.1 Å². The van der Waals surface area contributed by atoms with Gasteiger partial charge in [0.25, 0.3) is 5.91 Å². The number of rotatable bonds is 8. The Bertz CT molecular complexity index is 1130. The van der Waals surface area contributed by atoms with Gasteiger partial charge in [-0.2, -0.15) is 5.10 Å². The van der Waals surface area contributed by atoms with Gasteiger partial charge in [0.2, 0.25) is 0 Å². The third kappa shape index (κ3) is 6.14. The number of aromatic nitrogens is 2. The number of carbonyl (C=O) groups excluding carboxylic acids is 2. The highest BCUT2D eigenvalue weighted by atomic mass is 35.5. The number of esters is 1. The molecule has 1 heterocycles. The van der Waals surface area contributed by atoms with Gasteiger partial charge in [0.1, 0.15) is 12.4 Å². The second-order valence-corrected chi connectivity index (χ2v) is 8.39. The largest absolute Gasteiger partial charge is 0.489 e. The first kappa shape index (κ1) is 24.3. The molecule has 8 heteroatoms. The van der Waals surface area contributed by atoms with E-state index in [-0.39, 0.29) is 17.7 Å². The molecule has 33 heavy (non-hydrogen) atoms.